The number of rotatable bonds is 4. The molecule has 0 heterocycles. The Morgan fingerprint density at radius 1 is 0.808 bits per heavy atom. The quantitative estimate of drug-likeness (QED) is 0.506. The zero-order valence-electron chi connectivity index (χ0n) is 15.5. The minimum atomic E-state index is -0.176. The summed E-state index contributed by atoms with van der Waals surface area (Å²) in [5.74, 6) is 3.28. The van der Waals surface area contributed by atoms with E-state index in [1.807, 2.05) is 12.1 Å². The maximum Gasteiger partial charge on any atom is 0.123 e. The van der Waals surface area contributed by atoms with Crippen LogP contribution in [0.15, 0.2) is 61.2 Å². The molecular weight excluding hydrogens is 319 g/mol. The SMILES string of the molecule is C=CCC1CCC2CC(c3ccc(-c4ccc(F)cc4)cc3)CC2CC1. The van der Waals surface area contributed by atoms with E-state index in [4.69, 9.17) is 0 Å². The second-order valence-electron chi connectivity index (χ2n) is 8.36. The molecule has 0 amide bonds. The molecule has 1 heteroatoms. The van der Waals surface area contributed by atoms with Crippen LogP contribution in [0.4, 0.5) is 4.39 Å². The van der Waals surface area contributed by atoms with Gasteiger partial charge in [-0.3, -0.25) is 0 Å². The monoisotopic (exact) mass is 348 g/mol. The van der Waals surface area contributed by atoms with Crippen molar-refractivity contribution >= 4 is 0 Å². The van der Waals surface area contributed by atoms with Crippen molar-refractivity contribution in [2.45, 2.75) is 50.9 Å². The van der Waals surface area contributed by atoms with E-state index in [1.54, 1.807) is 0 Å². The first-order valence-corrected chi connectivity index (χ1v) is 10.2. The van der Waals surface area contributed by atoms with Gasteiger partial charge in [-0.25, -0.2) is 4.39 Å². The first kappa shape index (κ1) is 17.5. The summed E-state index contributed by atoms with van der Waals surface area (Å²) < 4.78 is 13.1. The Kier molecular flexibility index (Phi) is 5.24. The summed E-state index contributed by atoms with van der Waals surface area (Å²) >= 11 is 0. The third kappa shape index (κ3) is 3.77. The maximum atomic E-state index is 13.1. The third-order valence-electron chi connectivity index (χ3n) is 6.79. The number of benzene rings is 2. The van der Waals surface area contributed by atoms with E-state index in [1.165, 1.54) is 68.2 Å². The van der Waals surface area contributed by atoms with Crippen LogP contribution < -0.4 is 0 Å². The normalized spacial score (nSPS) is 28.3. The van der Waals surface area contributed by atoms with Crippen LogP contribution in [0.1, 0.15) is 56.4 Å². The summed E-state index contributed by atoms with van der Waals surface area (Å²) in [4.78, 5) is 0. The smallest absolute Gasteiger partial charge is 0.123 e. The van der Waals surface area contributed by atoms with Crippen molar-refractivity contribution in [3.05, 3.63) is 72.6 Å². The molecule has 2 fully saturated rings. The van der Waals surface area contributed by atoms with Crippen LogP contribution in [-0.2, 0) is 0 Å². The summed E-state index contributed by atoms with van der Waals surface area (Å²) in [6.07, 6.45) is 11.6. The summed E-state index contributed by atoms with van der Waals surface area (Å²) in [5, 5.41) is 0. The summed E-state index contributed by atoms with van der Waals surface area (Å²) in [6.45, 7) is 3.92. The molecule has 0 aromatic heterocycles. The number of hydrogen-bond donors (Lipinski definition) is 0. The molecule has 0 radical (unpaired) electrons. The first-order chi connectivity index (χ1) is 12.7. The molecule has 4 rings (SSSR count). The van der Waals surface area contributed by atoms with Crippen LogP contribution in [0, 0.1) is 23.6 Å². The molecule has 0 spiro atoms. The van der Waals surface area contributed by atoms with Crippen molar-refractivity contribution in [1.82, 2.24) is 0 Å². The fourth-order valence-corrected chi connectivity index (χ4v) is 5.30. The Morgan fingerprint density at radius 3 is 1.88 bits per heavy atom. The lowest BCUT2D eigenvalue weighted by Crippen LogP contribution is -2.04. The van der Waals surface area contributed by atoms with Crippen LogP contribution in [0.25, 0.3) is 11.1 Å². The van der Waals surface area contributed by atoms with Gasteiger partial charge in [-0.1, -0.05) is 42.5 Å². The van der Waals surface area contributed by atoms with E-state index >= 15 is 0 Å². The van der Waals surface area contributed by atoms with Gasteiger partial charge in [0.25, 0.3) is 0 Å². The molecule has 136 valence electrons. The molecule has 2 unspecified atom stereocenters. The Labute approximate surface area is 157 Å². The molecular formula is C25H29F. The largest absolute Gasteiger partial charge is 0.207 e. The van der Waals surface area contributed by atoms with Crippen molar-refractivity contribution in [3.8, 4) is 11.1 Å². The second-order valence-corrected chi connectivity index (χ2v) is 8.36. The van der Waals surface area contributed by atoms with Crippen LogP contribution in [0.3, 0.4) is 0 Å². The molecule has 0 N–H and O–H groups in total. The van der Waals surface area contributed by atoms with Gasteiger partial charge < -0.3 is 0 Å². The Balaban J connectivity index is 1.42. The molecule has 2 aliphatic rings. The number of fused-ring (bicyclic) bond motifs is 1. The van der Waals surface area contributed by atoms with E-state index in [2.05, 4.69) is 36.9 Å². The van der Waals surface area contributed by atoms with Crippen molar-refractivity contribution in [2.75, 3.05) is 0 Å². The Hall–Kier alpha value is -1.89. The molecule has 0 aliphatic heterocycles. The van der Waals surface area contributed by atoms with Gasteiger partial charge in [0.15, 0.2) is 0 Å². The molecule has 2 aromatic rings. The van der Waals surface area contributed by atoms with Crippen LogP contribution in [0.2, 0.25) is 0 Å². The number of allylic oxidation sites excluding steroid dienone is 1. The molecule has 26 heavy (non-hydrogen) atoms. The van der Waals surface area contributed by atoms with Gasteiger partial charge in [0.05, 0.1) is 0 Å². The topological polar surface area (TPSA) is 0 Å². The standard InChI is InChI=1S/C25H29F/c1-2-3-18-4-6-22-16-24(17-23(22)7-5-18)21-10-8-19(9-11-21)20-12-14-25(26)15-13-20/h2,8-15,18,22-24H,1,3-7,16-17H2. The number of halogens is 1. The minimum absolute atomic E-state index is 0.176. The van der Waals surface area contributed by atoms with Crippen molar-refractivity contribution < 1.29 is 4.39 Å². The molecule has 2 aliphatic carbocycles. The Morgan fingerprint density at radius 2 is 1.35 bits per heavy atom. The van der Waals surface area contributed by atoms with Crippen LogP contribution in [-0.4, -0.2) is 0 Å². The summed E-state index contributed by atoms with van der Waals surface area (Å²) in [5.41, 5.74) is 3.75. The molecule has 0 bridgehead atoms. The van der Waals surface area contributed by atoms with E-state index in [-0.39, 0.29) is 5.82 Å². The van der Waals surface area contributed by atoms with Crippen molar-refractivity contribution in [3.63, 3.8) is 0 Å². The van der Waals surface area contributed by atoms with Crippen molar-refractivity contribution in [1.29, 1.82) is 0 Å². The van der Waals surface area contributed by atoms with Gasteiger partial charge in [-0.2, -0.15) is 0 Å². The summed E-state index contributed by atoms with van der Waals surface area (Å²) in [6, 6.07) is 15.8. The van der Waals surface area contributed by atoms with Crippen LogP contribution >= 0.6 is 0 Å². The average Bonchev–Trinajstić information content (AvgIpc) is 2.99. The van der Waals surface area contributed by atoms with E-state index in [0.717, 1.165) is 29.2 Å². The van der Waals surface area contributed by atoms with Gasteiger partial charge in [0, 0.05) is 0 Å². The van der Waals surface area contributed by atoms with Gasteiger partial charge in [-0.05, 0) is 97.4 Å². The summed E-state index contributed by atoms with van der Waals surface area (Å²) in [7, 11) is 0. The molecule has 0 saturated heterocycles. The highest BCUT2D eigenvalue weighted by Gasteiger charge is 2.36. The Bertz CT molecular complexity index is 712. The van der Waals surface area contributed by atoms with Gasteiger partial charge in [0.1, 0.15) is 5.82 Å². The molecule has 2 aromatic carbocycles. The lowest BCUT2D eigenvalue weighted by molar-refractivity contribution is 0.367. The first-order valence-electron chi connectivity index (χ1n) is 10.2. The highest BCUT2D eigenvalue weighted by molar-refractivity contribution is 5.63. The number of hydrogen-bond acceptors (Lipinski definition) is 0. The van der Waals surface area contributed by atoms with Gasteiger partial charge in [0.2, 0.25) is 0 Å². The highest BCUT2D eigenvalue weighted by Crippen LogP contribution is 2.49. The van der Waals surface area contributed by atoms with E-state index < -0.39 is 0 Å². The minimum Gasteiger partial charge on any atom is -0.207 e. The average molecular weight is 349 g/mol. The maximum absolute atomic E-state index is 13.1. The lowest BCUT2D eigenvalue weighted by Gasteiger charge is -2.15. The molecule has 2 atom stereocenters. The second kappa shape index (κ2) is 7.78. The fraction of sp³-hybridized carbons (Fsp3) is 0.440. The fourth-order valence-electron chi connectivity index (χ4n) is 5.30. The predicted octanol–water partition coefficient (Wildman–Crippen LogP) is 7.37. The van der Waals surface area contributed by atoms with E-state index in [0.29, 0.717) is 0 Å². The zero-order valence-corrected chi connectivity index (χ0v) is 15.5. The van der Waals surface area contributed by atoms with Gasteiger partial charge >= 0.3 is 0 Å². The molecule has 2 saturated carbocycles. The highest BCUT2D eigenvalue weighted by atomic mass is 19.1. The van der Waals surface area contributed by atoms with Crippen LogP contribution in [0.5, 0.6) is 0 Å². The zero-order chi connectivity index (χ0) is 17.9. The lowest BCUT2D eigenvalue weighted by atomic mass is 9.91. The van der Waals surface area contributed by atoms with E-state index in [9.17, 15) is 4.39 Å². The third-order valence-corrected chi connectivity index (χ3v) is 6.79. The van der Waals surface area contributed by atoms with Gasteiger partial charge in [-0.15, -0.1) is 6.58 Å². The predicted molar refractivity (Wildman–Crippen MR) is 108 cm³/mol. The molecule has 0 nitrogen and oxygen atoms in total. The van der Waals surface area contributed by atoms with Crippen molar-refractivity contribution in [2.24, 2.45) is 17.8 Å².